The van der Waals surface area contributed by atoms with E-state index in [0.29, 0.717) is 18.4 Å². The molecule has 1 aliphatic rings. The summed E-state index contributed by atoms with van der Waals surface area (Å²) in [6.07, 6.45) is 0. The van der Waals surface area contributed by atoms with Gasteiger partial charge in [-0.3, -0.25) is 4.79 Å². The molecule has 1 heterocycles. The lowest BCUT2D eigenvalue weighted by atomic mass is 9.99. The van der Waals surface area contributed by atoms with Gasteiger partial charge in [0.25, 0.3) is 0 Å². The first-order chi connectivity index (χ1) is 7.19. The number of likely N-dealkylation sites (N-methyl/N-ethyl adjacent to an activating group) is 1. The van der Waals surface area contributed by atoms with E-state index in [9.17, 15) is 4.79 Å². The molecule has 88 valence electrons. The molecule has 0 spiro atoms. The number of ether oxygens (including phenoxy) is 1. The van der Waals surface area contributed by atoms with Crippen molar-refractivity contribution < 1.29 is 9.53 Å². The number of carbonyl (C=O) groups excluding carboxylic acids is 1. The smallest absolute Gasteiger partial charge is 0.236 e. The van der Waals surface area contributed by atoms with Crippen molar-refractivity contribution in [2.45, 2.75) is 13.8 Å². The average Bonchev–Trinajstić information content (AvgIpc) is 2.57. The maximum Gasteiger partial charge on any atom is 0.236 e. The fourth-order valence-corrected chi connectivity index (χ4v) is 1.99. The molecule has 0 aliphatic carbocycles. The van der Waals surface area contributed by atoms with Crippen LogP contribution >= 0.6 is 0 Å². The van der Waals surface area contributed by atoms with Crippen LogP contribution < -0.4 is 5.32 Å². The minimum atomic E-state index is 0.198. The first-order valence-corrected chi connectivity index (χ1v) is 5.69. The van der Waals surface area contributed by atoms with Gasteiger partial charge in [0, 0.05) is 25.6 Å². The van der Waals surface area contributed by atoms with Crippen LogP contribution in [0.25, 0.3) is 0 Å². The minimum Gasteiger partial charge on any atom is -0.381 e. The summed E-state index contributed by atoms with van der Waals surface area (Å²) in [5.74, 6) is 1.26. The lowest BCUT2D eigenvalue weighted by molar-refractivity contribution is -0.129. The standard InChI is InChI=1S/C11H22N2O2/c1-4-15-8-10-7-13(6-9(10)2)11(14)5-12-3/h9-10,12H,4-8H2,1-3H3. The van der Waals surface area contributed by atoms with Crippen molar-refractivity contribution in [3.05, 3.63) is 0 Å². The largest absolute Gasteiger partial charge is 0.381 e. The highest BCUT2D eigenvalue weighted by molar-refractivity contribution is 5.78. The first-order valence-electron chi connectivity index (χ1n) is 5.69. The molecular weight excluding hydrogens is 192 g/mol. The van der Waals surface area contributed by atoms with E-state index in [1.54, 1.807) is 7.05 Å². The molecule has 0 aromatic rings. The predicted molar refractivity (Wildman–Crippen MR) is 59.7 cm³/mol. The Kier molecular flexibility index (Phi) is 5.05. The quantitative estimate of drug-likeness (QED) is 0.717. The van der Waals surface area contributed by atoms with Crippen molar-refractivity contribution in [3.8, 4) is 0 Å². The van der Waals surface area contributed by atoms with Crippen LogP contribution in [0.2, 0.25) is 0 Å². The molecule has 1 aliphatic heterocycles. The van der Waals surface area contributed by atoms with Gasteiger partial charge in [-0.2, -0.15) is 0 Å². The summed E-state index contributed by atoms with van der Waals surface area (Å²) in [6, 6.07) is 0. The van der Waals surface area contributed by atoms with Crippen LogP contribution in [-0.2, 0) is 9.53 Å². The van der Waals surface area contributed by atoms with E-state index in [4.69, 9.17) is 4.74 Å². The number of amides is 1. The van der Waals surface area contributed by atoms with Gasteiger partial charge < -0.3 is 15.0 Å². The van der Waals surface area contributed by atoms with Gasteiger partial charge in [-0.15, -0.1) is 0 Å². The van der Waals surface area contributed by atoms with Gasteiger partial charge in [0.15, 0.2) is 0 Å². The summed E-state index contributed by atoms with van der Waals surface area (Å²) in [5.41, 5.74) is 0. The molecule has 0 radical (unpaired) electrons. The lowest BCUT2D eigenvalue weighted by Crippen LogP contribution is -2.35. The second kappa shape index (κ2) is 6.08. The highest BCUT2D eigenvalue weighted by Crippen LogP contribution is 2.23. The molecule has 2 unspecified atom stereocenters. The maximum atomic E-state index is 11.6. The monoisotopic (exact) mass is 214 g/mol. The van der Waals surface area contributed by atoms with Crippen LogP contribution in [-0.4, -0.2) is 50.7 Å². The van der Waals surface area contributed by atoms with E-state index >= 15 is 0 Å². The molecular formula is C11H22N2O2. The molecule has 0 aromatic heterocycles. The molecule has 15 heavy (non-hydrogen) atoms. The zero-order valence-corrected chi connectivity index (χ0v) is 9.95. The number of carbonyl (C=O) groups is 1. The van der Waals surface area contributed by atoms with Crippen LogP contribution in [0.15, 0.2) is 0 Å². The lowest BCUT2D eigenvalue weighted by Gasteiger charge is -2.16. The van der Waals surface area contributed by atoms with E-state index in [-0.39, 0.29) is 5.91 Å². The number of hydrogen-bond acceptors (Lipinski definition) is 3. The molecule has 1 amide bonds. The predicted octanol–water partition coefficient (Wildman–Crippen LogP) is 0.337. The molecule has 4 nitrogen and oxygen atoms in total. The molecule has 0 aromatic carbocycles. The second-order valence-electron chi connectivity index (χ2n) is 4.23. The Morgan fingerprint density at radius 3 is 2.87 bits per heavy atom. The molecule has 0 saturated carbocycles. The Balaban J connectivity index is 2.37. The maximum absolute atomic E-state index is 11.6. The summed E-state index contributed by atoms with van der Waals surface area (Å²) in [4.78, 5) is 13.6. The third kappa shape index (κ3) is 3.47. The van der Waals surface area contributed by atoms with Crippen LogP contribution in [0.1, 0.15) is 13.8 Å². The van der Waals surface area contributed by atoms with Crippen LogP contribution in [0, 0.1) is 11.8 Å². The Morgan fingerprint density at radius 1 is 1.53 bits per heavy atom. The summed E-state index contributed by atoms with van der Waals surface area (Å²) < 4.78 is 5.42. The average molecular weight is 214 g/mol. The van der Waals surface area contributed by atoms with E-state index < -0.39 is 0 Å². The Labute approximate surface area is 92.0 Å². The Bertz CT molecular complexity index is 209. The minimum absolute atomic E-state index is 0.198. The van der Waals surface area contributed by atoms with E-state index in [0.717, 1.165) is 26.3 Å². The van der Waals surface area contributed by atoms with Gasteiger partial charge >= 0.3 is 0 Å². The summed E-state index contributed by atoms with van der Waals surface area (Å²) in [5, 5.41) is 2.89. The molecule has 1 N–H and O–H groups in total. The second-order valence-corrected chi connectivity index (χ2v) is 4.23. The van der Waals surface area contributed by atoms with Crippen molar-refractivity contribution in [3.63, 3.8) is 0 Å². The van der Waals surface area contributed by atoms with Crippen LogP contribution in [0.3, 0.4) is 0 Å². The van der Waals surface area contributed by atoms with Gasteiger partial charge in [-0.1, -0.05) is 6.92 Å². The van der Waals surface area contributed by atoms with Gasteiger partial charge in [-0.25, -0.2) is 0 Å². The van der Waals surface area contributed by atoms with Gasteiger partial charge in [0.05, 0.1) is 13.2 Å². The fraction of sp³-hybridized carbons (Fsp3) is 0.909. The normalized spacial score (nSPS) is 25.9. The zero-order valence-electron chi connectivity index (χ0n) is 9.95. The summed E-state index contributed by atoms with van der Waals surface area (Å²) >= 11 is 0. The molecule has 1 rings (SSSR count). The van der Waals surface area contributed by atoms with Crippen molar-refractivity contribution in [2.75, 3.05) is 39.9 Å². The van der Waals surface area contributed by atoms with Crippen LogP contribution in [0.5, 0.6) is 0 Å². The molecule has 1 saturated heterocycles. The number of nitrogens with zero attached hydrogens (tertiary/aromatic N) is 1. The third-order valence-corrected chi connectivity index (χ3v) is 2.98. The van der Waals surface area contributed by atoms with Crippen molar-refractivity contribution in [1.29, 1.82) is 0 Å². The number of nitrogens with one attached hydrogen (secondary N) is 1. The van der Waals surface area contributed by atoms with E-state index in [2.05, 4.69) is 12.2 Å². The molecule has 2 atom stereocenters. The van der Waals surface area contributed by atoms with Crippen LogP contribution in [0.4, 0.5) is 0 Å². The zero-order chi connectivity index (χ0) is 11.3. The number of rotatable bonds is 5. The molecule has 4 heteroatoms. The fourth-order valence-electron chi connectivity index (χ4n) is 1.99. The molecule has 0 bridgehead atoms. The Morgan fingerprint density at radius 2 is 2.27 bits per heavy atom. The van der Waals surface area contributed by atoms with Crippen molar-refractivity contribution >= 4 is 5.91 Å². The third-order valence-electron chi connectivity index (χ3n) is 2.98. The highest BCUT2D eigenvalue weighted by atomic mass is 16.5. The number of hydrogen-bond donors (Lipinski definition) is 1. The summed E-state index contributed by atoms with van der Waals surface area (Å²) in [7, 11) is 1.80. The van der Waals surface area contributed by atoms with Crippen molar-refractivity contribution in [1.82, 2.24) is 10.2 Å². The topological polar surface area (TPSA) is 41.6 Å². The van der Waals surface area contributed by atoms with Gasteiger partial charge in [0.2, 0.25) is 5.91 Å². The molecule has 1 fully saturated rings. The van der Waals surface area contributed by atoms with Crippen molar-refractivity contribution in [2.24, 2.45) is 11.8 Å². The first kappa shape index (κ1) is 12.5. The van der Waals surface area contributed by atoms with E-state index in [1.807, 2.05) is 11.8 Å². The Hall–Kier alpha value is -0.610. The van der Waals surface area contributed by atoms with E-state index in [1.165, 1.54) is 0 Å². The summed E-state index contributed by atoms with van der Waals surface area (Å²) in [6.45, 7) is 7.89. The number of likely N-dealkylation sites (tertiary alicyclic amines) is 1. The van der Waals surface area contributed by atoms with Gasteiger partial charge in [-0.05, 0) is 19.9 Å². The SMILES string of the molecule is CCOCC1CN(C(=O)CNC)CC1C. The van der Waals surface area contributed by atoms with Gasteiger partial charge in [0.1, 0.15) is 0 Å². The highest BCUT2D eigenvalue weighted by Gasteiger charge is 2.31.